The van der Waals surface area contributed by atoms with Crippen molar-refractivity contribution in [1.82, 2.24) is 15.2 Å². The molecule has 0 spiro atoms. The van der Waals surface area contributed by atoms with Crippen LogP contribution in [0.2, 0.25) is 0 Å². The number of primary amides is 1. The molecule has 1 aromatic heterocycles. The maximum absolute atomic E-state index is 11.7. The summed E-state index contributed by atoms with van der Waals surface area (Å²) < 4.78 is 0. The van der Waals surface area contributed by atoms with Crippen LogP contribution in [-0.4, -0.2) is 27.1 Å². The molecule has 0 aliphatic carbocycles. The molecule has 1 heterocycles. The van der Waals surface area contributed by atoms with Gasteiger partial charge in [-0.2, -0.15) is 0 Å². The summed E-state index contributed by atoms with van der Waals surface area (Å²) in [6.45, 7) is 1.70. The van der Waals surface area contributed by atoms with Crippen LogP contribution >= 0.6 is 0 Å². The number of urea groups is 1. The number of aromatic nitrogens is 3. The molecule has 8 heteroatoms. The first-order chi connectivity index (χ1) is 9.04. The largest absolute Gasteiger partial charge is 0.351 e. The van der Waals surface area contributed by atoms with E-state index in [1.54, 1.807) is 31.2 Å². The Bertz CT molecular complexity index is 604. The zero-order chi connectivity index (χ0) is 13.8. The van der Waals surface area contributed by atoms with Crippen molar-refractivity contribution < 1.29 is 9.59 Å². The minimum Gasteiger partial charge on any atom is -0.351 e. The summed E-state index contributed by atoms with van der Waals surface area (Å²) in [4.78, 5) is 26.3. The number of hydrogen-bond donors (Lipinski definition) is 4. The molecule has 1 aromatic carbocycles. The molecule has 0 saturated carbocycles. The number of rotatable bonds is 3. The number of aryl methyl sites for hydroxylation is 1. The van der Waals surface area contributed by atoms with Crippen LogP contribution in [0.3, 0.4) is 0 Å². The minimum atomic E-state index is -0.645. The number of nitrogens with zero attached hydrogens (tertiary/aromatic N) is 2. The molecule has 8 nitrogen and oxygen atoms in total. The van der Waals surface area contributed by atoms with Crippen molar-refractivity contribution in [3.8, 4) is 0 Å². The molecule has 0 fully saturated rings. The molecular formula is C11H12N6O2. The van der Waals surface area contributed by atoms with E-state index in [1.165, 1.54) is 0 Å². The number of benzene rings is 1. The van der Waals surface area contributed by atoms with Crippen molar-refractivity contribution in [2.24, 2.45) is 5.73 Å². The van der Waals surface area contributed by atoms with E-state index < -0.39 is 11.9 Å². The Labute approximate surface area is 108 Å². The fourth-order valence-corrected chi connectivity index (χ4v) is 1.41. The summed E-state index contributed by atoms with van der Waals surface area (Å²) in [5, 5.41) is 11.4. The van der Waals surface area contributed by atoms with Gasteiger partial charge in [0.1, 0.15) is 5.82 Å². The molecule has 3 amide bonds. The van der Waals surface area contributed by atoms with Gasteiger partial charge in [0, 0.05) is 11.4 Å². The third-order valence-corrected chi connectivity index (χ3v) is 2.21. The summed E-state index contributed by atoms with van der Waals surface area (Å²) in [6.07, 6.45) is 0. The summed E-state index contributed by atoms with van der Waals surface area (Å²) in [7, 11) is 0. The second kappa shape index (κ2) is 5.17. The Balaban J connectivity index is 2.03. The summed E-state index contributed by atoms with van der Waals surface area (Å²) >= 11 is 0. The summed E-state index contributed by atoms with van der Waals surface area (Å²) in [6, 6.07) is 5.84. The maximum Gasteiger partial charge on any atom is 0.316 e. The van der Waals surface area contributed by atoms with E-state index in [-0.39, 0.29) is 5.82 Å². The monoisotopic (exact) mass is 260 g/mol. The fraction of sp³-hybridized carbons (Fsp3) is 0.0909. The molecule has 0 atom stereocenters. The highest BCUT2D eigenvalue weighted by Crippen LogP contribution is 2.13. The molecular weight excluding hydrogens is 248 g/mol. The third kappa shape index (κ3) is 3.28. The van der Waals surface area contributed by atoms with Crippen LogP contribution in [0.4, 0.5) is 16.2 Å². The molecule has 0 radical (unpaired) electrons. The van der Waals surface area contributed by atoms with Crippen LogP contribution in [-0.2, 0) is 0 Å². The number of amides is 3. The highest BCUT2D eigenvalue weighted by atomic mass is 16.2. The minimum absolute atomic E-state index is 0.0665. The van der Waals surface area contributed by atoms with E-state index in [2.05, 4.69) is 25.8 Å². The quantitative estimate of drug-likeness (QED) is 0.652. The predicted octanol–water partition coefficient (Wildman–Crippen LogP) is 0.856. The second-order valence-electron chi connectivity index (χ2n) is 3.77. The molecule has 0 unspecified atom stereocenters. The van der Waals surface area contributed by atoms with Crippen LogP contribution in [0, 0.1) is 6.92 Å². The fourth-order valence-electron chi connectivity index (χ4n) is 1.41. The van der Waals surface area contributed by atoms with Gasteiger partial charge in [0.25, 0.3) is 5.91 Å². The number of hydrogen-bond acceptors (Lipinski definition) is 4. The van der Waals surface area contributed by atoms with Crippen molar-refractivity contribution in [2.45, 2.75) is 6.92 Å². The number of carbonyl (C=O) groups is 2. The Hall–Kier alpha value is -2.90. The van der Waals surface area contributed by atoms with E-state index in [0.717, 1.165) is 0 Å². The lowest BCUT2D eigenvalue weighted by atomic mass is 10.3. The molecule has 0 saturated heterocycles. The smallest absolute Gasteiger partial charge is 0.316 e. The lowest BCUT2D eigenvalue weighted by Crippen LogP contribution is -2.19. The molecule has 2 aromatic rings. The Kier molecular flexibility index (Phi) is 3.42. The highest BCUT2D eigenvalue weighted by Gasteiger charge is 2.11. The van der Waals surface area contributed by atoms with E-state index in [4.69, 9.17) is 5.73 Å². The molecule has 19 heavy (non-hydrogen) atoms. The van der Waals surface area contributed by atoms with Crippen LogP contribution in [0.1, 0.15) is 16.4 Å². The zero-order valence-electron chi connectivity index (χ0n) is 10.1. The van der Waals surface area contributed by atoms with E-state index in [1.807, 2.05) is 0 Å². The molecule has 5 N–H and O–H groups in total. The topological polar surface area (TPSA) is 126 Å². The number of H-pyrrole nitrogens is 1. The van der Waals surface area contributed by atoms with Gasteiger partial charge in [-0.1, -0.05) is 0 Å². The van der Waals surface area contributed by atoms with Crippen molar-refractivity contribution in [1.29, 1.82) is 0 Å². The average molecular weight is 260 g/mol. The summed E-state index contributed by atoms with van der Waals surface area (Å²) in [5.41, 5.74) is 6.08. The zero-order valence-corrected chi connectivity index (χ0v) is 10.1. The Morgan fingerprint density at radius 3 is 2.21 bits per heavy atom. The first-order valence-corrected chi connectivity index (χ1v) is 5.41. The standard InChI is InChI=1S/C11H12N6O2/c1-6-13-9(17-16-6)10(18)14-7-2-4-8(5-3-7)15-11(12)19/h2-5H,1H3,(H,14,18)(H3,12,15,19)(H,13,16,17). The number of anilines is 2. The number of aromatic amines is 1. The Morgan fingerprint density at radius 2 is 1.74 bits per heavy atom. The average Bonchev–Trinajstić information content (AvgIpc) is 2.78. The SMILES string of the molecule is Cc1nc(C(=O)Nc2ccc(NC(N)=O)cc2)n[nH]1. The van der Waals surface area contributed by atoms with Crippen molar-refractivity contribution in [3.63, 3.8) is 0 Å². The van der Waals surface area contributed by atoms with Crippen LogP contribution in [0.25, 0.3) is 0 Å². The van der Waals surface area contributed by atoms with Crippen LogP contribution < -0.4 is 16.4 Å². The first-order valence-electron chi connectivity index (χ1n) is 5.41. The first kappa shape index (κ1) is 12.6. The summed E-state index contributed by atoms with van der Waals surface area (Å²) in [5.74, 6) is 0.211. The molecule has 2 rings (SSSR count). The van der Waals surface area contributed by atoms with Gasteiger partial charge in [-0.05, 0) is 31.2 Å². The van der Waals surface area contributed by atoms with Gasteiger partial charge in [-0.3, -0.25) is 9.89 Å². The van der Waals surface area contributed by atoms with E-state index >= 15 is 0 Å². The van der Waals surface area contributed by atoms with Crippen molar-refractivity contribution in [2.75, 3.05) is 10.6 Å². The van der Waals surface area contributed by atoms with Crippen LogP contribution in [0.5, 0.6) is 0 Å². The van der Waals surface area contributed by atoms with Crippen molar-refractivity contribution in [3.05, 3.63) is 35.9 Å². The number of nitrogens with two attached hydrogens (primary N) is 1. The van der Waals surface area contributed by atoms with Crippen LogP contribution in [0.15, 0.2) is 24.3 Å². The van der Waals surface area contributed by atoms with Gasteiger partial charge in [-0.25, -0.2) is 9.78 Å². The normalized spacial score (nSPS) is 9.95. The van der Waals surface area contributed by atoms with Gasteiger partial charge in [0.2, 0.25) is 5.82 Å². The lowest BCUT2D eigenvalue weighted by Gasteiger charge is -2.04. The molecule has 0 aliphatic heterocycles. The number of carbonyl (C=O) groups excluding carboxylic acids is 2. The van der Waals surface area contributed by atoms with Gasteiger partial charge in [-0.15, -0.1) is 5.10 Å². The predicted molar refractivity (Wildman–Crippen MR) is 68.7 cm³/mol. The van der Waals surface area contributed by atoms with Gasteiger partial charge >= 0.3 is 6.03 Å². The lowest BCUT2D eigenvalue weighted by molar-refractivity contribution is 0.101. The number of nitrogens with one attached hydrogen (secondary N) is 3. The van der Waals surface area contributed by atoms with E-state index in [0.29, 0.717) is 17.2 Å². The van der Waals surface area contributed by atoms with E-state index in [9.17, 15) is 9.59 Å². The molecule has 0 bridgehead atoms. The second-order valence-corrected chi connectivity index (χ2v) is 3.77. The molecule has 0 aliphatic rings. The van der Waals surface area contributed by atoms with Gasteiger partial charge < -0.3 is 16.4 Å². The molecule has 98 valence electrons. The Morgan fingerprint density at radius 1 is 1.16 bits per heavy atom. The third-order valence-electron chi connectivity index (χ3n) is 2.21. The van der Waals surface area contributed by atoms with Gasteiger partial charge in [0.15, 0.2) is 0 Å². The highest BCUT2D eigenvalue weighted by molar-refractivity contribution is 6.01. The van der Waals surface area contributed by atoms with Gasteiger partial charge in [0.05, 0.1) is 0 Å². The maximum atomic E-state index is 11.7. The van der Waals surface area contributed by atoms with Crippen molar-refractivity contribution >= 4 is 23.3 Å².